The third kappa shape index (κ3) is 3.74. The number of benzene rings is 1. The Kier molecular flexibility index (Phi) is 4.15. The van der Waals surface area contributed by atoms with Crippen molar-refractivity contribution in [3.63, 3.8) is 0 Å². The summed E-state index contributed by atoms with van der Waals surface area (Å²) in [6, 6.07) is 12.9. The van der Waals surface area contributed by atoms with Gasteiger partial charge in [0.2, 0.25) is 0 Å². The van der Waals surface area contributed by atoms with Crippen LogP contribution in [-0.2, 0) is 5.41 Å². The molecule has 2 aromatic rings. The van der Waals surface area contributed by atoms with Gasteiger partial charge in [-0.3, -0.25) is 0 Å². The van der Waals surface area contributed by atoms with Crippen molar-refractivity contribution in [1.82, 2.24) is 4.98 Å². The molecule has 0 aliphatic heterocycles. The molecule has 1 aromatic carbocycles. The zero-order valence-corrected chi connectivity index (χ0v) is 12.7. The SMILES string of the molecule is CNc1cc(Sc2ccc(C(C)(C)C)cc2)ccn1. The van der Waals surface area contributed by atoms with Gasteiger partial charge in [0, 0.05) is 23.0 Å². The summed E-state index contributed by atoms with van der Waals surface area (Å²) in [4.78, 5) is 6.67. The Morgan fingerprint density at radius 3 is 2.26 bits per heavy atom. The largest absolute Gasteiger partial charge is 0.373 e. The van der Waals surface area contributed by atoms with Crippen molar-refractivity contribution in [2.45, 2.75) is 36.0 Å². The van der Waals surface area contributed by atoms with Gasteiger partial charge in [0.05, 0.1) is 0 Å². The van der Waals surface area contributed by atoms with Gasteiger partial charge in [0.15, 0.2) is 0 Å². The molecule has 1 N–H and O–H groups in total. The standard InChI is InChI=1S/C16H20N2S/c1-16(2,3)12-5-7-13(8-6-12)19-14-9-10-18-15(11-14)17-4/h5-11H,1-4H3,(H,17,18). The predicted octanol–water partition coefficient (Wildman–Crippen LogP) is 4.57. The van der Waals surface area contributed by atoms with E-state index in [1.165, 1.54) is 15.4 Å². The third-order valence-corrected chi connectivity index (χ3v) is 3.94. The number of nitrogens with zero attached hydrogens (tertiary/aromatic N) is 1. The van der Waals surface area contributed by atoms with Crippen molar-refractivity contribution in [3.05, 3.63) is 48.2 Å². The molecule has 1 heterocycles. The quantitative estimate of drug-likeness (QED) is 0.885. The number of aromatic nitrogens is 1. The Hall–Kier alpha value is -1.48. The molecule has 2 nitrogen and oxygen atoms in total. The normalized spacial score (nSPS) is 11.4. The summed E-state index contributed by atoms with van der Waals surface area (Å²) in [5.74, 6) is 0.899. The van der Waals surface area contributed by atoms with E-state index >= 15 is 0 Å². The van der Waals surface area contributed by atoms with Crippen LogP contribution in [0.25, 0.3) is 0 Å². The maximum absolute atomic E-state index is 4.22. The molecule has 2 rings (SSSR count). The van der Waals surface area contributed by atoms with Crippen LogP contribution < -0.4 is 5.32 Å². The van der Waals surface area contributed by atoms with Crippen molar-refractivity contribution in [1.29, 1.82) is 0 Å². The molecule has 0 amide bonds. The minimum Gasteiger partial charge on any atom is -0.373 e. The molecule has 100 valence electrons. The molecule has 0 aliphatic rings. The first-order chi connectivity index (χ1) is 8.99. The maximum Gasteiger partial charge on any atom is 0.126 e. The van der Waals surface area contributed by atoms with Crippen molar-refractivity contribution in [2.24, 2.45) is 0 Å². The summed E-state index contributed by atoms with van der Waals surface area (Å²) in [6.45, 7) is 6.70. The zero-order chi connectivity index (χ0) is 13.9. The fourth-order valence-corrected chi connectivity index (χ4v) is 2.61. The number of rotatable bonds is 3. The fraction of sp³-hybridized carbons (Fsp3) is 0.312. The maximum atomic E-state index is 4.22. The van der Waals surface area contributed by atoms with Crippen molar-refractivity contribution >= 4 is 17.6 Å². The fourth-order valence-electron chi connectivity index (χ4n) is 1.77. The number of nitrogens with one attached hydrogen (secondary N) is 1. The first-order valence-electron chi connectivity index (χ1n) is 6.41. The Balaban J connectivity index is 2.15. The van der Waals surface area contributed by atoms with Gasteiger partial charge in [-0.25, -0.2) is 4.98 Å². The van der Waals surface area contributed by atoms with Gasteiger partial charge in [-0.05, 0) is 35.2 Å². The second-order valence-electron chi connectivity index (χ2n) is 5.50. The molecule has 0 radical (unpaired) electrons. The number of hydrogen-bond acceptors (Lipinski definition) is 3. The zero-order valence-electron chi connectivity index (χ0n) is 11.9. The number of anilines is 1. The lowest BCUT2D eigenvalue weighted by Gasteiger charge is -2.19. The summed E-state index contributed by atoms with van der Waals surface area (Å²) in [5, 5.41) is 3.06. The monoisotopic (exact) mass is 272 g/mol. The minimum absolute atomic E-state index is 0.208. The van der Waals surface area contributed by atoms with E-state index in [0.717, 1.165) is 5.82 Å². The van der Waals surface area contributed by atoms with Crippen LogP contribution in [0.15, 0.2) is 52.4 Å². The van der Waals surface area contributed by atoms with E-state index in [9.17, 15) is 0 Å². The lowest BCUT2D eigenvalue weighted by molar-refractivity contribution is 0.590. The van der Waals surface area contributed by atoms with Gasteiger partial charge < -0.3 is 5.32 Å². The van der Waals surface area contributed by atoms with Gasteiger partial charge >= 0.3 is 0 Å². The van der Waals surface area contributed by atoms with E-state index in [0.29, 0.717) is 0 Å². The summed E-state index contributed by atoms with van der Waals surface area (Å²) < 4.78 is 0. The van der Waals surface area contributed by atoms with Gasteiger partial charge in [0.1, 0.15) is 5.82 Å². The minimum atomic E-state index is 0.208. The molecule has 1 aromatic heterocycles. The van der Waals surface area contributed by atoms with Crippen molar-refractivity contribution in [2.75, 3.05) is 12.4 Å². The molecule has 0 spiro atoms. The van der Waals surface area contributed by atoms with Crippen LogP contribution in [0.4, 0.5) is 5.82 Å². The van der Waals surface area contributed by atoms with E-state index in [1.807, 2.05) is 19.3 Å². The summed E-state index contributed by atoms with van der Waals surface area (Å²) in [6.07, 6.45) is 1.83. The smallest absolute Gasteiger partial charge is 0.126 e. The average Bonchev–Trinajstić information content (AvgIpc) is 2.38. The average molecular weight is 272 g/mol. The van der Waals surface area contributed by atoms with E-state index in [-0.39, 0.29) is 5.41 Å². The van der Waals surface area contributed by atoms with Crippen molar-refractivity contribution < 1.29 is 0 Å². The van der Waals surface area contributed by atoms with Crippen molar-refractivity contribution in [3.8, 4) is 0 Å². The molecule has 0 bridgehead atoms. The van der Waals surface area contributed by atoms with Gasteiger partial charge in [0.25, 0.3) is 0 Å². The Bertz CT molecular complexity index is 541. The van der Waals surface area contributed by atoms with Gasteiger partial charge in [-0.15, -0.1) is 0 Å². The van der Waals surface area contributed by atoms with Crippen LogP contribution in [0.5, 0.6) is 0 Å². The van der Waals surface area contributed by atoms with E-state index in [4.69, 9.17) is 0 Å². The summed E-state index contributed by atoms with van der Waals surface area (Å²) >= 11 is 1.76. The van der Waals surface area contributed by atoms with E-state index < -0.39 is 0 Å². The summed E-state index contributed by atoms with van der Waals surface area (Å²) in [5.41, 5.74) is 1.57. The molecule has 0 atom stereocenters. The Morgan fingerprint density at radius 1 is 1.00 bits per heavy atom. The number of hydrogen-bond donors (Lipinski definition) is 1. The third-order valence-electron chi connectivity index (χ3n) is 2.94. The highest BCUT2D eigenvalue weighted by Crippen LogP contribution is 2.30. The first kappa shape index (κ1) is 13.9. The second kappa shape index (κ2) is 5.66. The molecule has 0 aliphatic carbocycles. The van der Waals surface area contributed by atoms with Crippen LogP contribution in [0, 0.1) is 0 Å². The van der Waals surface area contributed by atoms with Crippen LogP contribution in [0.3, 0.4) is 0 Å². The summed E-state index contributed by atoms with van der Waals surface area (Å²) in [7, 11) is 1.88. The van der Waals surface area contributed by atoms with E-state index in [1.54, 1.807) is 11.8 Å². The second-order valence-corrected chi connectivity index (χ2v) is 6.65. The van der Waals surface area contributed by atoms with Gasteiger partial charge in [-0.2, -0.15) is 0 Å². The van der Waals surface area contributed by atoms with Crippen LogP contribution in [0.1, 0.15) is 26.3 Å². The molecular formula is C16H20N2S. The molecule has 19 heavy (non-hydrogen) atoms. The van der Waals surface area contributed by atoms with Crippen LogP contribution in [-0.4, -0.2) is 12.0 Å². The van der Waals surface area contributed by atoms with E-state index in [2.05, 4.69) is 61.4 Å². The van der Waals surface area contributed by atoms with Crippen LogP contribution >= 0.6 is 11.8 Å². The molecular weight excluding hydrogens is 252 g/mol. The topological polar surface area (TPSA) is 24.9 Å². The highest BCUT2D eigenvalue weighted by atomic mass is 32.2. The predicted molar refractivity (Wildman–Crippen MR) is 83.0 cm³/mol. The Morgan fingerprint density at radius 2 is 1.68 bits per heavy atom. The van der Waals surface area contributed by atoms with Gasteiger partial charge in [-0.1, -0.05) is 44.7 Å². The lowest BCUT2D eigenvalue weighted by atomic mass is 9.87. The number of pyridine rings is 1. The first-order valence-corrected chi connectivity index (χ1v) is 7.23. The molecule has 0 unspecified atom stereocenters. The lowest BCUT2D eigenvalue weighted by Crippen LogP contribution is -2.10. The van der Waals surface area contributed by atoms with Crippen LogP contribution in [0.2, 0.25) is 0 Å². The Labute approximate surface area is 119 Å². The molecule has 3 heteroatoms. The molecule has 0 saturated heterocycles. The molecule has 0 saturated carbocycles. The highest BCUT2D eigenvalue weighted by molar-refractivity contribution is 7.99. The molecule has 0 fully saturated rings. The highest BCUT2D eigenvalue weighted by Gasteiger charge is 2.12.